The van der Waals surface area contributed by atoms with E-state index in [2.05, 4.69) is 0 Å². The van der Waals surface area contributed by atoms with Crippen molar-refractivity contribution in [3.05, 3.63) is 29.3 Å². The SMILES string of the molecule is Cc1cc(C(=O)O)ccc1S(=O)(=O)C(C)C. The molecule has 1 aromatic carbocycles. The van der Waals surface area contributed by atoms with Gasteiger partial charge in [0.1, 0.15) is 0 Å². The first kappa shape index (κ1) is 12.7. The van der Waals surface area contributed by atoms with Crippen molar-refractivity contribution >= 4 is 15.8 Å². The highest BCUT2D eigenvalue weighted by Crippen LogP contribution is 2.21. The lowest BCUT2D eigenvalue weighted by atomic mass is 10.1. The van der Waals surface area contributed by atoms with Gasteiger partial charge >= 0.3 is 5.97 Å². The van der Waals surface area contributed by atoms with Gasteiger partial charge < -0.3 is 5.11 Å². The van der Waals surface area contributed by atoms with Crippen LogP contribution in [0, 0.1) is 6.92 Å². The van der Waals surface area contributed by atoms with E-state index in [1.54, 1.807) is 20.8 Å². The lowest BCUT2D eigenvalue weighted by molar-refractivity contribution is 0.0696. The Bertz CT molecular complexity index is 515. The number of rotatable bonds is 3. The molecule has 1 rings (SSSR count). The summed E-state index contributed by atoms with van der Waals surface area (Å²) >= 11 is 0. The largest absolute Gasteiger partial charge is 0.478 e. The van der Waals surface area contributed by atoms with Gasteiger partial charge in [0.25, 0.3) is 0 Å². The molecule has 5 heteroatoms. The summed E-state index contributed by atoms with van der Waals surface area (Å²) in [5.74, 6) is -1.06. The molecule has 0 saturated carbocycles. The van der Waals surface area contributed by atoms with Crippen molar-refractivity contribution < 1.29 is 18.3 Å². The van der Waals surface area contributed by atoms with Crippen molar-refractivity contribution in [3.63, 3.8) is 0 Å². The van der Waals surface area contributed by atoms with Gasteiger partial charge in [-0.1, -0.05) is 0 Å². The second-order valence-electron chi connectivity index (χ2n) is 3.88. The molecule has 0 saturated heterocycles. The Hall–Kier alpha value is -1.36. The summed E-state index contributed by atoms with van der Waals surface area (Å²) in [6.07, 6.45) is 0. The van der Waals surface area contributed by atoms with Gasteiger partial charge in [0.2, 0.25) is 0 Å². The topological polar surface area (TPSA) is 71.4 Å². The van der Waals surface area contributed by atoms with Gasteiger partial charge in [0, 0.05) is 0 Å². The highest BCUT2D eigenvalue weighted by Gasteiger charge is 2.21. The number of benzene rings is 1. The average molecular weight is 242 g/mol. The van der Waals surface area contributed by atoms with Crippen molar-refractivity contribution in [1.29, 1.82) is 0 Å². The van der Waals surface area contributed by atoms with Gasteiger partial charge in [-0.15, -0.1) is 0 Å². The number of carboxylic acid groups (broad SMARTS) is 1. The van der Waals surface area contributed by atoms with E-state index >= 15 is 0 Å². The molecule has 0 spiro atoms. The minimum atomic E-state index is -3.34. The van der Waals surface area contributed by atoms with Crippen molar-refractivity contribution in [2.24, 2.45) is 0 Å². The van der Waals surface area contributed by atoms with Crippen LogP contribution in [-0.2, 0) is 9.84 Å². The zero-order valence-corrected chi connectivity index (χ0v) is 10.2. The fourth-order valence-corrected chi connectivity index (χ4v) is 2.63. The molecule has 1 N–H and O–H groups in total. The van der Waals surface area contributed by atoms with E-state index in [4.69, 9.17) is 5.11 Å². The van der Waals surface area contributed by atoms with Gasteiger partial charge in [-0.05, 0) is 44.5 Å². The van der Waals surface area contributed by atoms with E-state index in [0.29, 0.717) is 5.56 Å². The van der Waals surface area contributed by atoms with Crippen molar-refractivity contribution in [3.8, 4) is 0 Å². The zero-order valence-electron chi connectivity index (χ0n) is 9.39. The van der Waals surface area contributed by atoms with Crippen LogP contribution >= 0.6 is 0 Å². The van der Waals surface area contributed by atoms with Crippen LogP contribution < -0.4 is 0 Å². The number of sulfone groups is 1. The van der Waals surface area contributed by atoms with E-state index in [-0.39, 0.29) is 10.5 Å². The molecule has 0 aliphatic rings. The Balaban J connectivity index is 3.35. The molecule has 88 valence electrons. The fraction of sp³-hybridized carbons (Fsp3) is 0.364. The monoisotopic (exact) mass is 242 g/mol. The van der Waals surface area contributed by atoms with Gasteiger partial charge in [-0.3, -0.25) is 0 Å². The third-order valence-corrected chi connectivity index (χ3v) is 4.66. The summed E-state index contributed by atoms with van der Waals surface area (Å²) in [6, 6.07) is 4.04. The van der Waals surface area contributed by atoms with Crippen LogP contribution in [0.3, 0.4) is 0 Å². The number of aromatic carboxylic acids is 1. The van der Waals surface area contributed by atoms with Crippen LogP contribution in [0.4, 0.5) is 0 Å². The molecular weight excluding hydrogens is 228 g/mol. The first-order chi connectivity index (χ1) is 7.26. The van der Waals surface area contributed by atoms with Crippen LogP contribution in [0.2, 0.25) is 0 Å². The molecule has 0 bridgehead atoms. The quantitative estimate of drug-likeness (QED) is 0.878. The number of aryl methyl sites for hydroxylation is 1. The van der Waals surface area contributed by atoms with E-state index in [1.807, 2.05) is 0 Å². The molecule has 16 heavy (non-hydrogen) atoms. The molecule has 0 unspecified atom stereocenters. The lowest BCUT2D eigenvalue weighted by Crippen LogP contribution is -2.15. The van der Waals surface area contributed by atoms with Gasteiger partial charge in [-0.25, -0.2) is 13.2 Å². The molecule has 0 atom stereocenters. The Morgan fingerprint density at radius 2 is 1.88 bits per heavy atom. The summed E-state index contributed by atoms with van der Waals surface area (Å²) in [4.78, 5) is 10.9. The molecule has 4 nitrogen and oxygen atoms in total. The highest BCUT2D eigenvalue weighted by atomic mass is 32.2. The van der Waals surface area contributed by atoms with Crippen LogP contribution in [0.5, 0.6) is 0 Å². The van der Waals surface area contributed by atoms with Crippen molar-refractivity contribution in [2.75, 3.05) is 0 Å². The van der Waals surface area contributed by atoms with Crippen LogP contribution in [-0.4, -0.2) is 24.7 Å². The first-order valence-corrected chi connectivity index (χ1v) is 6.39. The number of hydrogen-bond acceptors (Lipinski definition) is 3. The molecule has 0 radical (unpaired) electrons. The van der Waals surface area contributed by atoms with Crippen LogP contribution in [0.15, 0.2) is 23.1 Å². The first-order valence-electron chi connectivity index (χ1n) is 4.84. The third-order valence-electron chi connectivity index (χ3n) is 2.35. The maximum atomic E-state index is 11.9. The molecule has 0 aliphatic carbocycles. The van der Waals surface area contributed by atoms with E-state index in [0.717, 1.165) is 0 Å². The summed E-state index contributed by atoms with van der Waals surface area (Å²) in [7, 11) is -3.34. The standard InChI is InChI=1S/C11H14O4S/c1-7(2)16(14,15)10-5-4-9(11(12)13)6-8(10)3/h4-7H,1-3H3,(H,12,13). The second-order valence-corrected chi connectivity index (χ2v) is 6.35. The molecule has 1 aromatic rings. The summed E-state index contributed by atoms with van der Waals surface area (Å²) in [6.45, 7) is 4.79. The highest BCUT2D eigenvalue weighted by molar-refractivity contribution is 7.92. The number of hydrogen-bond donors (Lipinski definition) is 1. The van der Waals surface area contributed by atoms with Crippen LogP contribution in [0.1, 0.15) is 29.8 Å². The van der Waals surface area contributed by atoms with E-state index in [9.17, 15) is 13.2 Å². The smallest absolute Gasteiger partial charge is 0.335 e. The van der Waals surface area contributed by atoms with Crippen molar-refractivity contribution in [1.82, 2.24) is 0 Å². The minimum Gasteiger partial charge on any atom is -0.478 e. The Morgan fingerprint density at radius 1 is 1.31 bits per heavy atom. The number of carbonyl (C=O) groups is 1. The molecule has 0 heterocycles. The Kier molecular flexibility index (Phi) is 3.38. The Morgan fingerprint density at radius 3 is 2.25 bits per heavy atom. The average Bonchev–Trinajstić information content (AvgIpc) is 2.16. The molecular formula is C11H14O4S. The Labute approximate surface area is 94.8 Å². The molecule has 0 fully saturated rings. The number of carboxylic acids is 1. The summed E-state index contributed by atoms with van der Waals surface area (Å²) in [5.41, 5.74) is 0.564. The lowest BCUT2D eigenvalue weighted by Gasteiger charge is -2.10. The van der Waals surface area contributed by atoms with E-state index < -0.39 is 21.1 Å². The summed E-state index contributed by atoms with van der Waals surface area (Å²) in [5, 5.41) is 8.25. The van der Waals surface area contributed by atoms with E-state index in [1.165, 1.54) is 18.2 Å². The minimum absolute atomic E-state index is 0.0974. The van der Waals surface area contributed by atoms with Gasteiger partial charge in [-0.2, -0.15) is 0 Å². The van der Waals surface area contributed by atoms with Crippen molar-refractivity contribution in [2.45, 2.75) is 30.9 Å². The molecule has 0 amide bonds. The summed E-state index contributed by atoms with van der Waals surface area (Å²) < 4.78 is 23.8. The van der Waals surface area contributed by atoms with Gasteiger partial charge in [0.15, 0.2) is 9.84 Å². The maximum absolute atomic E-state index is 11.9. The van der Waals surface area contributed by atoms with Crippen LogP contribution in [0.25, 0.3) is 0 Å². The predicted octanol–water partition coefficient (Wildman–Crippen LogP) is 1.88. The third kappa shape index (κ3) is 2.24. The maximum Gasteiger partial charge on any atom is 0.335 e. The molecule has 0 aliphatic heterocycles. The molecule has 0 aromatic heterocycles. The zero-order chi connectivity index (χ0) is 12.5. The normalized spacial score (nSPS) is 11.8. The second kappa shape index (κ2) is 4.25. The fourth-order valence-electron chi connectivity index (χ4n) is 1.36. The van der Waals surface area contributed by atoms with Gasteiger partial charge in [0.05, 0.1) is 15.7 Å². The predicted molar refractivity (Wildman–Crippen MR) is 60.5 cm³/mol.